The monoisotopic (exact) mass is 134 g/mol. The van der Waals surface area contributed by atoms with Crippen LogP contribution in [0.5, 0.6) is 0 Å². The van der Waals surface area contributed by atoms with Crippen LogP contribution in [0.15, 0.2) is 10.7 Å². The van der Waals surface area contributed by atoms with Gasteiger partial charge < -0.3 is 9.68 Å². The Balaban J connectivity index is 3.14. The Labute approximate surface area is 51.0 Å². The molecular weight excluding hydrogens is 128 g/mol. The van der Waals surface area contributed by atoms with E-state index >= 15 is 0 Å². The van der Waals surface area contributed by atoms with E-state index in [4.69, 9.17) is 0 Å². The third-order valence-electron chi connectivity index (χ3n) is 0.585. The van der Waals surface area contributed by atoms with E-state index in [2.05, 4.69) is 20.4 Å². The summed E-state index contributed by atoms with van der Waals surface area (Å²) in [4.78, 5) is 26.7. The lowest BCUT2D eigenvalue weighted by Crippen LogP contribution is -2.10. The predicted molar refractivity (Wildman–Crippen MR) is 28.1 cm³/mol. The van der Waals surface area contributed by atoms with E-state index in [9.17, 15) is 9.81 Å². The highest BCUT2D eigenvalue weighted by Gasteiger charge is 2.01. The summed E-state index contributed by atoms with van der Waals surface area (Å²) in [6, 6.07) is 0. The predicted octanol–water partition coefficient (Wildman–Crippen LogP) is 0.771. The fraction of sp³-hybridized carbons (Fsp3) is 1.00. The van der Waals surface area contributed by atoms with Gasteiger partial charge in [-0.05, 0) is 6.92 Å². The molecule has 9 heavy (non-hydrogen) atoms. The molecule has 0 heterocycles. The quantitative estimate of drug-likeness (QED) is 0.411. The Morgan fingerprint density at radius 2 is 2.11 bits per heavy atom. The van der Waals surface area contributed by atoms with Crippen molar-refractivity contribution < 1.29 is 9.68 Å². The molecule has 0 aromatic rings. The molecule has 0 aromatic heterocycles. The van der Waals surface area contributed by atoms with E-state index in [0.29, 0.717) is 0 Å². The van der Waals surface area contributed by atoms with Crippen molar-refractivity contribution in [1.29, 1.82) is 0 Å². The largest absolute Gasteiger partial charge is 0.360 e. The second-order valence-electron chi connectivity index (χ2n) is 1.36. The molecule has 0 N–H and O–H groups in total. The van der Waals surface area contributed by atoms with Gasteiger partial charge in [0.25, 0.3) is 0 Å². The van der Waals surface area contributed by atoms with Crippen LogP contribution in [0.3, 0.4) is 0 Å². The van der Waals surface area contributed by atoms with Gasteiger partial charge in [0.15, 0.2) is 23.4 Å². The van der Waals surface area contributed by atoms with Gasteiger partial charge in [-0.2, -0.15) is 0 Å². The van der Waals surface area contributed by atoms with Crippen LogP contribution in [0.4, 0.5) is 0 Å². The van der Waals surface area contributed by atoms with E-state index in [0.717, 1.165) is 0 Å². The number of nitrogens with zero attached hydrogens (tertiary/aromatic N) is 2. The Kier molecular flexibility index (Phi) is 4.29. The summed E-state index contributed by atoms with van der Waals surface area (Å²) in [5.74, 6) is 0. The first-order valence-corrected chi connectivity index (χ1v) is 2.24. The molecule has 6 heteroatoms. The maximum absolute atomic E-state index is 9.34. The Morgan fingerprint density at radius 3 is 2.56 bits per heavy atom. The molecule has 0 aliphatic heterocycles. The minimum Gasteiger partial charge on any atom is -0.360 e. The second kappa shape index (κ2) is 4.95. The Bertz CT molecular complexity index is 95.8. The highest BCUT2D eigenvalue weighted by atomic mass is 16.8. The Hall–Kier alpha value is -1.20. The zero-order chi connectivity index (χ0) is 7.11. The summed E-state index contributed by atoms with van der Waals surface area (Å²) < 4.78 is 0. The van der Waals surface area contributed by atoms with Crippen molar-refractivity contribution in [1.82, 2.24) is 0 Å². The third-order valence-corrected chi connectivity index (χ3v) is 0.585. The molecule has 0 spiro atoms. The first kappa shape index (κ1) is 7.80. The molecule has 0 rings (SSSR count). The van der Waals surface area contributed by atoms with Crippen LogP contribution in [0, 0.1) is 9.81 Å². The molecule has 0 bridgehead atoms. The third kappa shape index (κ3) is 4.66. The Morgan fingerprint density at radius 1 is 1.44 bits per heavy atom. The second-order valence-corrected chi connectivity index (χ2v) is 1.36. The van der Waals surface area contributed by atoms with Crippen LogP contribution >= 0.6 is 0 Å². The van der Waals surface area contributed by atoms with Gasteiger partial charge in [0, 0.05) is 0 Å². The van der Waals surface area contributed by atoms with E-state index < -0.39 is 6.10 Å². The van der Waals surface area contributed by atoms with E-state index in [1.54, 1.807) is 0 Å². The van der Waals surface area contributed by atoms with Gasteiger partial charge in [0.05, 0.1) is 0 Å². The van der Waals surface area contributed by atoms with Crippen LogP contribution < -0.4 is 0 Å². The van der Waals surface area contributed by atoms with Gasteiger partial charge in [0.1, 0.15) is 0 Å². The van der Waals surface area contributed by atoms with Gasteiger partial charge in [-0.3, -0.25) is 0 Å². The molecule has 0 aromatic carbocycles. The van der Waals surface area contributed by atoms with Gasteiger partial charge in [-0.25, -0.2) is 0 Å². The highest BCUT2D eigenvalue weighted by molar-refractivity contribution is 4.41. The zero-order valence-electron chi connectivity index (χ0n) is 4.81. The summed E-state index contributed by atoms with van der Waals surface area (Å²) in [6.45, 7) is 1.46. The summed E-state index contributed by atoms with van der Waals surface area (Å²) >= 11 is 0. The van der Waals surface area contributed by atoms with Crippen molar-refractivity contribution >= 4 is 0 Å². The molecule has 0 radical (unpaired) electrons. The molecule has 0 unspecified atom stereocenters. The van der Waals surface area contributed by atoms with E-state index in [-0.39, 0.29) is 6.61 Å². The SMILES string of the molecule is C[C@@H](CON=O)ON=O. The maximum atomic E-state index is 9.34. The van der Waals surface area contributed by atoms with Crippen LogP contribution in [0.25, 0.3) is 0 Å². The minimum absolute atomic E-state index is 0.0603. The summed E-state index contributed by atoms with van der Waals surface area (Å²) in [5, 5.41) is 4.20. The number of hydrogen-bond acceptors (Lipinski definition) is 6. The minimum atomic E-state index is -0.528. The lowest BCUT2D eigenvalue weighted by Gasteiger charge is -2.01. The van der Waals surface area contributed by atoms with E-state index in [1.807, 2.05) is 0 Å². The fourth-order valence-electron chi connectivity index (χ4n) is 0.239. The molecule has 0 amide bonds. The molecule has 0 saturated carbocycles. The summed E-state index contributed by atoms with van der Waals surface area (Å²) in [7, 11) is 0. The van der Waals surface area contributed by atoms with Crippen molar-refractivity contribution in [2.75, 3.05) is 6.61 Å². The zero-order valence-corrected chi connectivity index (χ0v) is 4.81. The van der Waals surface area contributed by atoms with Gasteiger partial charge in [-0.1, -0.05) is 0 Å². The summed E-state index contributed by atoms with van der Waals surface area (Å²) in [5.41, 5.74) is 0. The lowest BCUT2D eigenvalue weighted by molar-refractivity contribution is -0.00610. The molecular formula is C3H6N2O4. The van der Waals surface area contributed by atoms with Gasteiger partial charge in [0.2, 0.25) is 0 Å². The van der Waals surface area contributed by atoms with E-state index in [1.165, 1.54) is 6.92 Å². The van der Waals surface area contributed by atoms with Crippen molar-refractivity contribution in [2.24, 2.45) is 10.7 Å². The normalized spacial score (nSPS) is 11.7. The van der Waals surface area contributed by atoms with Crippen molar-refractivity contribution in [3.8, 4) is 0 Å². The number of rotatable bonds is 5. The maximum Gasteiger partial charge on any atom is 0.164 e. The average Bonchev–Trinajstić information content (AvgIpc) is 1.85. The van der Waals surface area contributed by atoms with Crippen molar-refractivity contribution in [2.45, 2.75) is 13.0 Å². The van der Waals surface area contributed by atoms with Crippen LogP contribution in [0.2, 0.25) is 0 Å². The lowest BCUT2D eigenvalue weighted by atomic mass is 10.5. The standard InChI is InChI=1S/C3H6N2O4/c1-3(9-5-7)2-8-4-6/h3H,2H2,1H3/t3-/m0/s1. The van der Waals surface area contributed by atoms with Crippen molar-refractivity contribution in [3.05, 3.63) is 9.81 Å². The number of hydrogen-bond donors (Lipinski definition) is 0. The van der Waals surface area contributed by atoms with Gasteiger partial charge in [-0.15, -0.1) is 9.81 Å². The first-order valence-electron chi connectivity index (χ1n) is 2.24. The first-order chi connectivity index (χ1) is 4.31. The smallest absolute Gasteiger partial charge is 0.164 e. The van der Waals surface area contributed by atoms with Crippen LogP contribution in [-0.2, 0) is 9.68 Å². The van der Waals surface area contributed by atoms with Crippen LogP contribution in [0.1, 0.15) is 6.92 Å². The molecule has 1 atom stereocenters. The highest BCUT2D eigenvalue weighted by Crippen LogP contribution is 1.91. The van der Waals surface area contributed by atoms with Crippen LogP contribution in [-0.4, -0.2) is 12.7 Å². The fourth-order valence-corrected chi connectivity index (χ4v) is 0.239. The summed E-state index contributed by atoms with van der Waals surface area (Å²) in [6.07, 6.45) is -0.528. The molecule has 0 fully saturated rings. The molecule has 0 saturated heterocycles. The topological polar surface area (TPSA) is 77.3 Å². The molecule has 0 aliphatic rings. The van der Waals surface area contributed by atoms with Gasteiger partial charge >= 0.3 is 0 Å². The molecule has 52 valence electrons. The average molecular weight is 134 g/mol. The van der Waals surface area contributed by atoms with Crippen molar-refractivity contribution in [3.63, 3.8) is 0 Å². The molecule has 6 nitrogen and oxygen atoms in total. The molecule has 0 aliphatic carbocycles.